The van der Waals surface area contributed by atoms with Crippen molar-refractivity contribution in [2.45, 2.75) is 45.4 Å². The van der Waals surface area contributed by atoms with Crippen LogP contribution in [0.15, 0.2) is 39.9 Å². The van der Waals surface area contributed by atoms with E-state index in [4.69, 9.17) is 0 Å². The topological polar surface area (TPSA) is 77.2 Å². The Morgan fingerprint density at radius 3 is 2.53 bits per heavy atom. The highest BCUT2D eigenvalue weighted by molar-refractivity contribution is 5.81. The molecule has 1 atom stereocenters. The van der Waals surface area contributed by atoms with Gasteiger partial charge in [-0.2, -0.15) is 0 Å². The van der Waals surface area contributed by atoms with E-state index in [1.54, 1.807) is 7.05 Å². The molecule has 3 heterocycles. The second-order valence-electron chi connectivity index (χ2n) is 8.79. The van der Waals surface area contributed by atoms with Gasteiger partial charge in [-0.05, 0) is 49.8 Å². The van der Waals surface area contributed by atoms with Crippen LogP contribution in [0.1, 0.15) is 47.6 Å². The van der Waals surface area contributed by atoms with Crippen LogP contribution in [0.25, 0.3) is 11.0 Å². The van der Waals surface area contributed by atoms with Crippen LogP contribution in [0.5, 0.6) is 0 Å². The Morgan fingerprint density at radius 1 is 1.09 bits per heavy atom. The third-order valence-corrected chi connectivity index (χ3v) is 6.81. The van der Waals surface area contributed by atoms with Crippen LogP contribution in [-0.2, 0) is 25.3 Å². The van der Waals surface area contributed by atoms with Gasteiger partial charge in [0.15, 0.2) is 0 Å². The Hall–Kier alpha value is -3.22. The molecule has 4 rings (SSSR count). The van der Waals surface area contributed by atoms with E-state index in [0.29, 0.717) is 29.8 Å². The van der Waals surface area contributed by atoms with Crippen molar-refractivity contribution in [2.75, 3.05) is 13.1 Å². The van der Waals surface area contributed by atoms with Crippen molar-refractivity contribution in [3.05, 3.63) is 73.6 Å². The second kappa shape index (κ2) is 8.73. The lowest BCUT2D eigenvalue weighted by molar-refractivity contribution is -0.132. The highest BCUT2D eigenvalue weighted by atomic mass is 16.2. The van der Waals surface area contributed by atoms with Crippen LogP contribution in [0, 0.1) is 13.8 Å². The molecule has 7 heteroatoms. The van der Waals surface area contributed by atoms with Crippen LogP contribution in [-0.4, -0.2) is 38.0 Å². The number of fused-ring (bicyclic) bond motifs is 1. The number of amides is 1. The summed E-state index contributed by atoms with van der Waals surface area (Å²) in [6, 6.07) is 10.4. The number of aromatic nitrogens is 3. The Kier molecular flexibility index (Phi) is 6.00. The Bertz CT molecular complexity index is 1290. The van der Waals surface area contributed by atoms with Crippen molar-refractivity contribution < 1.29 is 4.79 Å². The van der Waals surface area contributed by atoms with Crippen LogP contribution in [0.4, 0.5) is 0 Å². The number of nitrogens with zero attached hydrogens (tertiary/aromatic N) is 4. The average molecular weight is 435 g/mol. The lowest BCUT2D eigenvalue weighted by Crippen LogP contribution is -2.39. The number of carbonyl (C=O) groups excluding carboxylic acids is 1. The van der Waals surface area contributed by atoms with Crippen LogP contribution in [0.3, 0.4) is 0 Å². The zero-order chi connectivity index (χ0) is 23.0. The molecule has 0 radical (unpaired) electrons. The summed E-state index contributed by atoms with van der Waals surface area (Å²) in [6.07, 6.45) is 3.01. The highest BCUT2D eigenvalue weighted by Crippen LogP contribution is 2.27. The largest absolute Gasteiger partial charge is 0.342 e. The van der Waals surface area contributed by atoms with Crippen LogP contribution >= 0.6 is 0 Å². The summed E-state index contributed by atoms with van der Waals surface area (Å²) in [6.45, 7) is 5.30. The molecular formula is C25H30N4O3. The lowest BCUT2D eigenvalue weighted by atomic mass is 9.90. The van der Waals surface area contributed by atoms with Gasteiger partial charge in [-0.25, -0.2) is 9.78 Å². The molecule has 0 aliphatic carbocycles. The van der Waals surface area contributed by atoms with E-state index in [9.17, 15) is 14.4 Å². The van der Waals surface area contributed by atoms with Crippen LogP contribution < -0.4 is 11.2 Å². The molecule has 1 aliphatic heterocycles. The number of likely N-dealkylation sites (tertiary alicyclic amines) is 1. The molecule has 3 aromatic rings. The van der Waals surface area contributed by atoms with Gasteiger partial charge in [-0.15, -0.1) is 0 Å². The fourth-order valence-corrected chi connectivity index (χ4v) is 4.90. The summed E-state index contributed by atoms with van der Waals surface area (Å²) in [5.74, 6) is 0.516. The van der Waals surface area contributed by atoms with E-state index in [1.165, 1.54) is 17.2 Å². The molecule has 1 aromatic carbocycles. The summed E-state index contributed by atoms with van der Waals surface area (Å²) in [5.41, 5.74) is 3.42. The van der Waals surface area contributed by atoms with E-state index in [0.717, 1.165) is 47.3 Å². The standard InChI is InChI=1S/C25H30N4O3/c1-16-20(17(2)26-23-22(16)24(31)28(4)25(32)27(23)3)12-13-21(30)29-14-8-11-19(15-29)18-9-6-5-7-10-18/h5-7,9-10,19H,8,11-15H2,1-4H3/t19-/m1/s1. The molecule has 0 spiro atoms. The molecule has 1 fully saturated rings. The van der Waals surface area contributed by atoms with Gasteiger partial charge in [0.1, 0.15) is 5.65 Å². The molecule has 0 saturated carbocycles. The van der Waals surface area contributed by atoms with E-state index < -0.39 is 5.69 Å². The maximum Gasteiger partial charge on any atom is 0.332 e. The Balaban J connectivity index is 1.56. The fraction of sp³-hybridized carbons (Fsp3) is 0.440. The molecule has 7 nitrogen and oxygen atoms in total. The minimum Gasteiger partial charge on any atom is -0.342 e. The molecule has 32 heavy (non-hydrogen) atoms. The van der Waals surface area contributed by atoms with E-state index >= 15 is 0 Å². The van der Waals surface area contributed by atoms with Gasteiger partial charge in [0.2, 0.25) is 5.91 Å². The van der Waals surface area contributed by atoms with Crippen molar-refractivity contribution in [1.29, 1.82) is 0 Å². The van der Waals surface area contributed by atoms with Crippen molar-refractivity contribution >= 4 is 16.9 Å². The SMILES string of the molecule is Cc1nc2c(c(C)c1CCC(=O)N1CCC[C@@H](c3ccccc3)C1)c(=O)n(C)c(=O)n2C. The third-order valence-electron chi connectivity index (χ3n) is 6.81. The van der Waals surface area contributed by atoms with Crippen molar-refractivity contribution in [3.63, 3.8) is 0 Å². The summed E-state index contributed by atoms with van der Waals surface area (Å²) in [7, 11) is 3.10. The van der Waals surface area contributed by atoms with Gasteiger partial charge >= 0.3 is 5.69 Å². The van der Waals surface area contributed by atoms with E-state index in [2.05, 4.69) is 29.2 Å². The van der Waals surface area contributed by atoms with Gasteiger partial charge in [-0.1, -0.05) is 30.3 Å². The number of benzene rings is 1. The Labute approximate surface area is 187 Å². The summed E-state index contributed by atoms with van der Waals surface area (Å²) >= 11 is 0. The number of aryl methyl sites for hydroxylation is 3. The predicted molar refractivity (Wildman–Crippen MR) is 125 cm³/mol. The first-order valence-corrected chi connectivity index (χ1v) is 11.2. The first kappa shape index (κ1) is 22.0. The minimum atomic E-state index is -0.394. The van der Waals surface area contributed by atoms with Crippen molar-refractivity contribution in [2.24, 2.45) is 14.1 Å². The number of hydrogen-bond acceptors (Lipinski definition) is 4. The average Bonchev–Trinajstić information content (AvgIpc) is 2.81. The molecule has 168 valence electrons. The van der Waals surface area contributed by atoms with Crippen molar-refractivity contribution in [3.8, 4) is 0 Å². The highest BCUT2D eigenvalue weighted by Gasteiger charge is 2.25. The first-order chi connectivity index (χ1) is 15.3. The normalized spacial score (nSPS) is 16.5. The predicted octanol–water partition coefficient (Wildman–Crippen LogP) is 2.59. The van der Waals surface area contributed by atoms with Gasteiger partial charge in [-0.3, -0.25) is 18.7 Å². The minimum absolute atomic E-state index is 0.137. The number of hydrogen-bond donors (Lipinski definition) is 0. The maximum atomic E-state index is 13.0. The molecule has 2 aromatic heterocycles. The third kappa shape index (κ3) is 3.87. The number of pyridine rings is 1. The number of carbonyl (C=O) groups is 1. The van der Waals surface area contributed by atoms with Crippen molar-refractivity contribution in [1.82, 2.24) is 19.0 Å². The number of piperidine rings is 1. The lowest BCUT2D eigenvalue weighted by Gasteiger charge is -2.33. The fourth-order valence-electron chi connectivity index (χ4n) is 4.90. The van der Waals surface area contributed by atoms with Gasteiger partial charge in [0, 0.05) is 45.2 Å². The molecule has 1 aliphatic rings. The smallest absolute Gasteiger partial charge is 0.332 e. The molecule has 1 amide bonds. The van der Waals surface area contributed by atoms with Gasteiger partial charge in [0.25, 0.3) is 5.56 Å². The molecule has 0 bridgehead atoms. The molecule has 1 saturated heterocycles. The zero-order valence-electron chi connectivity index (χ0n) is 19.2. The van der Waals surface area contributed by atoms with Gasteiger partial charge < -0.3 is 4.90 Å². The monoisotopic (exact) mass is 434 g/mol. The van der Waals surface area contributed by atoms with Crippen LogP contribution in [0.2, 0.25) is 0 Å². The molecule has 0 unspecified atom stereocenters. The zero-order valence-corrected chi connectivity index (χ0v) is 19.2. The maximum absolute atomic E-state index is 13.0. The second-order valence-corrected chi connectivity index (χ2v) is 8.79. The van der Waals surface area contributed by atoms with E-state index in [-0.39, 0.29) is 11.5 Å². The summed E-state index contributed by atoms with van der Waals surface area (Å²) in [5, 5.41) is 0.449. The Morgan fingerprint density at radius 2 is 1.81 bits per heavy atom. The molecular weight excluding hydrogens is 404 g/mol. The molecule has 0 N–H and O–H groups in total. The quantitative estimate of drug-likeness (QED) is 0.632. The summed E-state index contributed by atoms with van der Waals surface area (Å²) in [4.78, 5) is 44.6. The summed E-state index contributed by atoms with van der Waals surface area (Å²) < 4.78 is 2.52. The van der Waals surface area contributed by atoms with E-state index in [1.807, 2.05) is 24.8 Å². The number of rotatable bonds is 4. The van der Waals surface area contributed by atoms with Gasteiger partial charge in [0.05, 0.1) is 5.39 Å². The first-order valence-electron chi connectivity index (χ1n) is 11.2.